The molecule has 0 radical (unpaired) electrons. The second-order valence-corrected chi connectivity index (χ2v) is 2.68. The number of hydrogen-bond acceptors (Lipinski definition) is 3. The number of pyridine rings is 1. The van der Waals surface area contributed by atoms with E-state index in [9.17, 15) is 0 Å². The van der Waals surface area contributed by atoms with Gasteiger partial charge in [-0.2, -0.15) is 0 Å². The van der Waals surface area contributed by atoms with E-state index < -0.39 is 0 Å². The van der Waals surface area contributed by atoms with Gasteiger partial charge in [0.05, 0.1) is 6.54 Å². The lowest BCUT2D eigenvalue weighted by Gasteiger charge is -1.99. The molecule has 2 aromatic rings. The Bertz CT molecular complexity index is 404. The van der Waals surface area contributed by atoms with E-state index >= 15 is 0 Å². The first-order valence-corrected chi connectivity index (χ1v) is 3.82. The molecule has 2 aromatic heterocycles. The predicted molar refractivity (Wildman–Crippen MR) is 45.6 cm³/mol. The van der Waals surface area contributed by atoms with E-state index in [1.54, 1.807) is 0 Å². The Morgan fingerprint density at radius 2 is 2.25 bits per heavy atom. The van der Waals surface area contributed by atoms with Crippen molar-refractivity contribution < 1.29 is 0 Å². The van der Waals surface area contributed by atoms with Gasteiger partial charge in [0.15, 0.2) is 11.5 Å². The summed E-state index contributed by atoms with van der Waals surface area (Å²) in [6.45, 7) is 2.43. The molecule has 0 saturated carbocycles. The van der Waals surface area contributed by atoms with Crippen LogP contribution in [0.25, 0.3) is 5.65 Å². The zero-order chi connectivity index (χ0) is 8.55. The molecule has 0 aliphatic heterocycles. The second kappa shape index (κ2) is 2.57. The zero-order valence-corrected chi connectivity index (χ0v) is 6.86. The van der Waals surface area contributed by atoms with Crippen molar-refractivity contribution in [3.63, 3.8) is 0 Å². The van der Waals surface area contributed by atoms with E-state index in [0.29, 0.717) is 6.54 Å². The van der Waals surface area contributed by atoms with Gasteiger partial charge >= 0.3 is 0 Å². The number of nitrogens with two attached hydrogens (primary N) is 1. The number of hydrogen-bond donors (Lipinski definition) is 1. The molecule has 2 heterocycles. The predicted octanol–water partition coefficient (Wildman–Crippen LogP) is 0.496. The summed E-state index contributed by atoms with van der Waals surface area (Å²) in [6.07, 6.45) is 0. The number of fused-ring (bicyclic) bond motifs is 1. The van der Waals surface area contributed by atoms with Crippen LogP contribution in [0.4, 0.5) is 0 Å². The van der Waals surface area contributed by atoms with Gasteiger partial charge in [-0.25, -0.2) is 0 Å². The highest BCUT2D eigenvalue weighted by Gasteiger charge is 2.03. The molecule has 0 amide bonds. The highest BCUT2D eigenvalue weighted by atomic mass is 15.3. The Balaban J connectivity index is 2.83. The molecule has 4 heteroatoms. The molecule has 0 aliphatic carbocycles. The zero-order valence-electron chi connectivity index (χ0n) is 6.86. The number of rotatable bonds is 1. The van der Waals surface area contributed by atoms with Gasteiger partial charge in [0, 0.05) is 5.69 Å². The lowest BCUT2D eigenvalue weighted by molar-refractivity contribution is 0.868. The summed E-state index contributed by atoms with van der Waals surface area (Å²) in [6, 6.07) is 5.88. The second-order valence-electron chi connectivity index (χ2n) is 2.68. The maximum absolute atomic E-state index is 5.51. The first-order chi connectivity index (χ1) is 5.83. The molecule has 0 fully saturated rings. The van der Waals surface area contributed by atoms with Crippen LogP contribution in [-0.4, -0.2) is 14.6 Å². The van der Waals surface area contributed by atoms with Crippen LogP contribution in [0.15, 0.2) is 18.2 Å². The SMILES string of the molecule is Cc1cccc2nnc(CN)n12. The average molecular weight is 162 g/mol. The smallest absolute Gasteiger partial charge is 0.161 e. The van der Waals surface area contributed by atoms with Gasteiger partial charge in [-0.05, 0) is 19.1 Å². The van der Waals surface area contributed by atoms with E-state index in [1.807, 2.05) is 29.5 Å². The van der Waals surface area contributed by atoms with E-state index in [-0.39, 0.29) is 0 Å². The van der Waals surface area contributed by atoms with Crippen molar-refractivity contribution >= 4 is 5.65 Å². The monoisotopic (exact) mass is 162 g/mol. The fourth-order valence-electron chi connectivity index (χ4n) is 1.30. The summed E-state index contributed by atoms with van der Waals surface area (Å²) in [4.78, 5) is 0. The average Bonchev–Trinajstić information content (AvgIpc) is 2.49. The largest absolute Gasteiger partial charge is 0.324 e. The lowest BCUT2D eigenvalue weighted by Crippen LogP contribution is -2.04. The highest BCUT2D eigenvalue weighted by molar-refractivity contribution is 5.39. The minimum absolute atomic E-state index is 0.423. The van der Waals surface area contributed by atoms with Gasteiger partial charge in [0.25, 0.3) is 0 Å². The van der Waals surface area contributed by atoms with Gasteiger partial charge in [-0.1, -0.05) is 6.07 Å². The summed E-state index contributed by atoms with van der Waals surface area (Å²) < 4.78 is 1.96. The minimum Gasteiger partial charge on any atom is -0.324 e. The van der Waals surface area contributed by atoms with Crippen LogP contribution in [0.1, 0.15) is 11.5 Å². The van der Waals surface area contributed by atoms with Crippen LogP contribution < -0.4 is 5.73 Å². The summed E-state index contributed by atoms with van der Waals surface area (Å²) >= 11 is 0. The Morgan fingerprint density at radius 3 is 3.00 bits per heavy atom. The summed E-state index contributed by atoms with van der Waals surface area (Å²) in [5, 5.41) is 7.95. The molecule has 0 spiro atoms. The van der Waals surface area contributed by atoms with Gasteiger partial charge in [0.2, 0.25) is 0 Å². The van der Waals surface area contributed by atoms with Crippen molar-refractivity contribution in [1.82, 2.24) is 14.6 Å². The summed E-state index contributed by atoms with van der Waals surface area (Å²) in [5.41, 5.74) is 7.47. The minimum atomic E-state index is 0.423. The molecule has 0 aliphatic rings. The molecule has 0 atom stereocenters. The van der Waals surface area contributed by atoms with Crippen molar-refractivity contribution in [3.05, 3.63) is 29.7 Å². The Morgan fingerprint density at radius 1 is 1.42 bits per heavy atom. The molecular weight excluding hydrogens is 152 g/mol. The molecule has 0 unspecified atom stereocenters. The van der Waals surface area contributed by atoms with Crippen molar-refractivity contribution in [3.8, 4) is 0 Å². The van der Waals surface area contributed by atoms with Gasteiger partial charge in [0.1, 0.15) is 0 Å². The van der Waals surface area contributed by atoms with E-state index in [1.165, 1.54) is 0 Å². The standard InChI is InChI=1S/C8H10N4/c1-6-3-2-4-7-10-11-8(5-9)12(6)7/h2-4H,5,9H2,1H3. The Hall–Kier alpha value is -1.42. The molecule has 4 nitrogen and oxygen atoms in total. The number of aromatic nitrogens is 3. The first kappa shape index (κ1) is 7.24. The summed E-state index contributed by atoms with van der Waals surface area (Å²) in [7, 11) is 0. The van der Waals surface area contributed by atoms with E-state index in [2.05, 4.69) is 10.2 Å². The van der Waals surface area contributed by atoms with Crippen LogP contribution >= 0.6 is 0 Å². The van der Waals surface area contributed by atoms with Crippen molar-refractivity contribution in [2.45, 2.75) is 13.5 Å². The lowest BCUT2D eigenvalue weighted by atomic mass is 10.3. The van der Waals surface area contributed by atoms with Gasteiger partial charge in [-0.15, -0.1) is 10.2 Å². The normalized spacial score (nSPS) is 10.8. The number of aryl methyl sites for hydroxylation is 1. The number of nitrogens with zero attached hydrogens (tertiary/aromatic N) is 3. The molecule has 12 heavy (non-hydrogen) atoms. The third-order valence-corrected chi connectivity index (χ3v) is 1.87. The van der Waals surface area contributed by atoms with Crippen LogP contribution in [0.3, 0.4) is 0 Å². The Kier molecular flexibility index (Phi) is 1.55. The van der Waals surface area contributed by atoms with Crippen LogP contribution in [-0.2, 0) is 6.54 Å². The highest BCUT2D eigenvalue weighted by Crippen LogP contribution is 2.06. The third kappa shape index (κ3) is 0.887. The Labute approximate surface area is 70.0 Å². The summed E-state index contributed by atoms with van der Waals surface area (Å²) in [5.74, 6) is 0.808. The van der Waals surface area contributed by atoms with Crippen LogP contribution in [0.5, 0.6) is 0 Å². The fraction of sp³-hybridized carbons (Fsp3) is 0.250. The maximum Gasteiger partial charge on any atom is 0.161 e. The van der Waals surface area contributed by atoms with Gasteiger partial charge in [-0.3, -0.25) is 4.40 Å². The molecule has 0 bridgehead atoms. The van der Waals surface area contributed by atoms with Crippen LogP contribution in [0, 0.1) is 6.92 Å². The topological polar surface area (TPSA) is 56.2 Å². The van der Waals surface area contributed by atoms with Crippen molar-refractivity contribution in [2.24, 2.45) is 5.73 Å². The third-order valence-electron chi connectivity index (χ3n) is 1.87. The molecule has 62 valence electrons. The first-order valence-electron chi connectivity index (χ1n) is 3.82. The molecule has 0 aromatic carbocycles. The van der Waals surface area contributed by atoms with Gasteiger partial charge < -0.3 is 5.73 Å². The molecule has 2 rings (SSSR count). The van der Waals surface area contributed by atoms with Crippen molar-refractivity contribution in [1.29, 1.82) is 0 Å². The fourth-order valence-corrected chi connectivity index (χ4v) is 1.30. The quantitative estimate of drug-likeness (QED) is 0.664. The van der Waals surface area contributed by atoms with E-state index in [0.717, 1.165) is 17.2 Å². The van der Waals surface area contributed by atoms with E-state index in [4.69, 9.17) is 5.73 Å². The molecule has 2 N–H and O–H groups in total. The molecular formula is C8H10N4. The van der Waals surface area contributed by atoms with Crippen LogP contribution in [0.2, 0.25) is 0 Å². The van der Waals surface area contributed by atoms with Crippen molar-refractivity contribution in [2.75, 3.05) is 0 Å². The molecule has 0 saturated heterocycles. The maximum atomic E-state index is 5.51.